The number of nitrogens with zero attached hydrogens (tertiary/aromatic N) is 1. The minimum absolute atomic E-state index is 0.0695. The summed E-state index contributed by atoms with van der Waals surface area (Å²) in [6, 6.07) is 16.1. The van der Waals surface area contributed by atoms with Crippen molar-refractivity contribution >= 4 is 17.8 Å². The summed E-state index contributed by atoms with van der Waals surface area (Å²) in [7, 11) is 0. The van der Waals surface area contributed by atoms with Crippen molar-refractivity contribution in [1.29, 1.82) is 0 Å². The molecule has 2 aromatic rings. The van der Waals surface area contributed by atoms with Gasteiger partial charge in [-0.05, 0) is 34.6 Å². The molecule has 1 aliphatic carbocycles. The fraction of sp³-hybridized carbons (Fsp3) is 0.286. The Balaban J connectivity index is 1.77. The summed E-state index contributed by atoms with van der Waals surface area (Å²) in [6.07, 6.45) is -0.635. The first-order valence-electron chi connectivity index (χ1n) is 8.63. The molecule has 26 heavy (non-hydrogen) atoms. The quantitative estimate of drug-likeness (QED) is 0.804. The van der Waals surface area contributed by atoms with Crippen LogP contribution >= 0.6 is 0 Å². The van der Waals surface area contributed by atoms with Crippen LogP contribution in [0.1, 0.15) is 37.3 Å². The molecule has 5 heteroatoms. The van der Waals surface area contributed by atoms with Crippen LogP contribution in [0.5, 0.6) is 0 Å². The fourth-order valence-corrected chi connectivity index (χ4v) is 3.30. The highest BCUT2D eigenvalue weighted by atomic mass is 16.5. The summed E-state index contributed by atoms with van der Waals surface area (Å²) in [4.78, 5) is 26.9. The lowest BCUT2D eigenvalue weighted by molar-refractivity contribution is -0.129. The number of carboxylic acids is 1. The summed E-state index contributed by atoms with van der Waals surface area (Å²) in [5.74, 6) is -1.17. The number of amides is 1. The van der Waals surface area contributed by atoms with Crippen LogP contribution < -0.4 is 0 Å². The molecule has 1 amide bonds. The molecule has 0 spiro atoms. The largest absolute Gasteiger partial charge is 0.477 e. The number of carboxylic acid groups (broad SMARTS) is 1. The number of ether oxygens (including phenoxy) is 1. The molecule has 0 fully saturated rings. The minimum Gasteiger partial charge on any atom is -0.477 e. The molecule has 0 bridgehead atoms. The topological polar surface area (TPSA) is 76.0 Å². The highest BCUT2D eigenvalue weighted by molar-refractivity contribution is 6.37. The molecule has 0 saturated carbocycles. The van der Waals surface area contributed by atoms with Crippen LogP contribution in [0.2, 0.25) is 0 Å². The van der Waals surface area contributed by atoms with Gasteiger partial charge >= 0.3 is 12.1 Å². The van der Waals surface area contributed by atoms with Crippen LogP contribution in [0.25, 0.3) is 11.1 Å². The number of hydrogen-bond acceptors (Lipinski definition) is 3. The number of rotatable bonds is 5. The third-order valence-electron chi connectivity index (χ3n) is 4.41. The van der Waals surface area contributed by atoms with E-state index in [2.05, 4.69) is 17.1 Å². The normalized spacial score (nSPS) is 13.4. The molecule has 0 aliphatic heterocycles. The van der Waals surface area contributed by atoms with E-state index < -0.39 is 12.1 Å². The van der Waals surface area contributed by atoms with Crippen LogP contribution in [0, 0.1) is 5.92 Å². The van der Waals surface area contributed by atoms with E-state index in [-0.39, 0.29) is 30.6 Å². The van der Waals surface area contributed by atoms with Crippen molar-refractivity contribution in [2.75, 3.05) is 6.61 Å². The van der Waals surface area contributed by atoms with E-state index in [0.29, 0.717) is 0 Å². The maximum Gasteiger partial charge on any atom is 0.434 e. The number of benzene rings is 2. The minimum atomic E-state index is -1.19. The van der Waals surface area contributed by atoms with Crippen LogP contribution in [0.3, 0.4) is 0 Å². The first kappa shape index (κ1) is 17.9. The van der Waals surface area contributed by atoms with E-state index in [0.717, 1.165) is 22.3 Å². The second kappa shape index (κ2) is 7.52. The summed E-state index contributed by atoms with van der Waals surface area (Å²) >= 11 is 0. The highest BCUT2D eigenvalue weighted by Crippen LogP contribution is 2.44. The number of carbonyl (C=O) groups is 2. The lowest BCUT2D eigenvalue weighted by Gasteiger charge is -2.13. The molecule has 0 saturated heterocycles. The van der Waals surface area contributed by atoms with Gasteiger partial charge in [0.1, 0.15) is 12.3 Å². The molecular formula is C21H21NO4. The van der Waals surface area contributed by atoms with Gasteiger partial charge in [-0.25, -0.2) is 9.59 Å². The summed E-state index contributed by atoms with van der Waals surface area (Å²) in [5.41, 5.74) is 4.31. The third-order valence-corrected chi connectivity index (χ3v) is 4.41. The highest BCUT2D eigenvalue weighted by Gasteiger charge is 2.29. The smallest absolute Gasteiger partial charge is 0.434 e. The van der Waals surface area contributed by atoms with Crippen molar-refractivity contribution in [3.63, 3.8) is 0 Å². The predicted molar refractivity (Wildman–Crippen MR) is 99.6 cm³/mol. The molecule has 5 nitrogen and oxygen atoms in total. The van der Waals surface area contributed by atoms with E-state index in [1.54, 1.807) is 0 Å². The molecule has 0 unspecified atom stereocenters. The summed E-state index contributed by atoms with van der Waals surface area (Å²) in [5, 5.41) is 9.17. The summed E-state index contributed by atoms with van der Waals surface area (Å²) < 4.78 is 5.31. The number of carbonyl (C=O) groups excluding carboxylic acids is 1. The fourth-order valence-electron chi connectivity index (χ4n) is 3.30. The number of aliphatic carboxylic acids is 1. The Bertz CT molecular complexity index is 824. The van der Waals surface area contributed by atoms with Crippen molar-refractivity contribution in [3.05, 3.63) is 59.7 Å². The third kappa shape index (κ3) is 3.67. The van der Waals surface area contributed by atoms with Crippen molar-refractivity contribution in [2.24, 2.45) is 10.9 Å². The first-order chi connectivity index (χ1) is 12.5. The van der Waals surface area contributed by atoms with Crippen LogP contribution in [0.4, 0.5) is 4.79 Å². The molecule has 134 valence electrons. The second-order valence-corrected chi connectivity index (χ2v) is 6.77. The van der Waals surface area contributed by atoms with Gasteiger partial charge in [-0.2, -0.15) is 4.99 Å². The summed E-state index contributed by atoms with van der Waals surface area (Å²) in [6.45, 7) is 3.87. The molecule has 0 radical (unpaired) electrons. The Labute approximate surface area is 152 Å². The molecule has 1 N–H and O–H groups in total. The van der Waals surface area contributed by atoms with Gasteiger partial charge in [0.25, 0.3) is 0 Å². The molecule has 3 rings (SSSR count). The Morgan fingerprint density at radius 1 is 1.04 bits per heavy atom. The monoisotopic (exact) mass is 351 g/mol. The van der Waals surface area contributed by atoms with E-state index in [1.165, 1.54) is 0 Å². The SMILES string of the molecule is CC(C)C/C(=N/C(=O)OCC1c2ccccc2-c2ccccc21)C(=O)O. The lowest BCUT2D eigenvalue weighted by Crippen LogP contribution is -2.19. The number of aliphatic imine (C=N–C) groups is 1. The lowest BCUT2D eigenvalue weighted by atomic mass is 9.98. The molecule has 0 heterocycles. The predicted octanol–water partition coefficient (Wildman–Crippen LogP) is 4.51. The van der Waals surface area contributed by atoms with E-state index >= 15 is 0 Å². The van der Waals surface area contributed by atoms with Crippen molar-refractivity contribution < 1.29 is 19.4 Å². The molecule has 1 aliphatic rings. The Kier molecular flexibility index (Phi) is 5.16. The average molecular weight is 351 g/mol. The standard InChI is InChI=1S/C21H21NO4/c1-13(2)11-19(20(23)24)22-21(25)26-12-18-16-9-5-3-7-14(16)15-8-4-6-10-17(15)18/h3-10,13,18H,11-12H2,1-2H3,(H,23,24)/b22-19-. The van der Waals surface area contributed by atoms with Crippen LogP contribution in [-0.2, 0) is 9.53 Å². The number of fused-ring (bicyclic) bond motifs is 3. The van der Waals surface area contributed by atoms with Gasteiger partial charge in [-0.15, -0.1) is 0 Å². The van der Waals surface area contributed by atoms with Gasteiger partial charge in [0.15, 0.2) is 0 Å². The number of hydrogen-bond donors (Lipinski definition) is 1. The van der Waals surface area contributed by atoms with Gasteiger partial charge in [0.2, 0.25) is 0 Å². The van der Waals surface area contributed by atoms with Crippen molar-refractivity contribution in [1.82, 2.24) is 0 Å². The van der Waals surface area contributed by atoms with E-state index in [1.807, 2.05) is 50.2 Å². The van der Waals surface area contributed by atoms with E-state index in [9.17, 15) is 14.7 Å². The van der Waals surface area contributed by atoms with Gasteiger partial charge < -0.3 is 9.84 Å². The first-order valence-corrected chi connectivity index (χ1v) is 8.63. The van der Waals surface area contributed by atoms with Crippen LogP contribution in [0.15, 0.2) is 53.5 Å². The van der Waals surface area contributed by atoms with Crippen LogP contribution in [-0.4, -0.2) is 29.5 Å². The zero-order chi connectivity index (χ0) is 18.7. The Hall–Kier alpha value is -2.95. The van der Waals surface area contributed by atoms with Crippen molar-refractivity contribution in [2.45, 2.75) is 26.2 Å². The maximum absolute atomic E-state index is 12.0. The van der Waals surface area contributed by atoms with Gasteiger partial charge in [0.05, 0.1) is 0 Å². The Morgan fingerprint density at radius 2 is 1.58 bits per heavy atom. The van der Waals surface area contributed by atoms with Gasteiger partial charge in [-0.1, -0.05) is 62.4 Å². The Morgan fingerprint density at radius 3 is 2.08 bits per heavy atom. The molecular weight excluding hydrogens is 330 g/mol. The average Bonchev–Trinajstić information content (AvgIpc) is 2.93. The molecule has 2 aromatic carbocycles. The zero-order valence-electron chi connectivity index (χ0n) is 14.8. The van der Waals surface area contributed by atoms with Gasteiger partial charge in [-0.3, -0.25) is 0 Å². The molecule has 0 aromatic heterocycles. The van der Waals surface area contributed by atoms with Crippen molar-refractivity contribution in [3.8, 4) is 11.1 Å². The molecule has 0 atom stereocenters. The second-order valence-electron chi connectivity index (χ2n) is 6.77. The zero-order valence-corrected chi connectivity index (χ0v) is 14.8. The van der Waals surface area contributed by atoms with Gasteiger partial charge in [0, 0.05) is 5.92 Å². The van der Waals surface area contributed by atoms with E-state index in [4.69, 9.17) is 4.74 Å². The maximum atomic E-state index is 12.0.